The maximum Gasteiger partial charge on any atom is 0.446 e. The normalized spacial score (nSPS) is 10.9. The van der Waals surface area contributed by atoms with Gasteiger partial charge in [-0.05, 0) is 37.3 Å². The molecule has 0 N–H and O–H groups in total. The fraction of sp³-hybridized carbons (Fsp3) is 0.105. The molecule has 4 aromatic rings. The maximum atomic E-state index is 11.9. The second-order valence-electron chi connectivity index (χ2n) is 5.82. The minimum Gasteiger partial charge on any atom is -0.472 e. The molecule has 7 nitrogen and oxygen atoms in total. The molecule has 136 valence electrons. The second kappa shape index (κ2) is 7.13. The molecule has 0 aliphatic heterocycles. The van der Waals surface area contributed by atoms with Gasteiger partial charge in [0.05, 0.1) is 11.4 Å². The van der Waals surface area contributed by atoms with E-state index < -0.39 is 5.76 Å². The number of para-hydroxylation sites is 1. The Hall–Kier alpha value is -3.32. The molecule has 2 aromatic carbocycles. The highest BCUT2D eigenvalue weighted by atomic mass is 35.5. The predicted molar refractivity (Wildman–Crippen MR) is 99.7 cm³/mol. The summed E-state index contributed by atoms with van der Waals surface area (Å²) >= 11 is 5.91. The smallest absolute Gasteiger partial charge is 0.446 e. The van der Waals surface area contributed by atoms with Gasteiger partial charge in [0.1, 0.15) is 6.61 Å². The van der Waals surface area contributed by atoms with Crippen LogP contribution in [0.25, 0.3) is 11.4 Å². The van der Waals surface area contributed by atoms with E-state index in [0.29, 0.717) is 22.4 Å². The lowest BCUT2D eigenvalue weighted by Gasteiger charge is -2.10. The van der Waals surface area contributed by atoms with E-state index in [-0.39, 0.29) is 6.61 Å². The Balaban J connectivity index is 1.55. The van der Waals surface area contributed by atoms with E-state index in [0.717, 1.165) is 11.3 Å². The van der Waals surface area contributed by atoms with Gasteiger partial charge in [-0.2, -0.15) is 0 Å². The van der Waals surface area contributed by atoms with Crippen LogP contribution in [-0.4, -0.2) is 19.5 Å². The third-order valence-electron chi connectivity index (χ3n) is 4.03. The Morgan fingerprint density at radius 2 is 1.89 bits per heavy atom. The molecule has 0 amide bonds. The Morgan fingerprint density at radius 1 is 1.11 bits per heavy atom. The van der Waals surface area contributed by atoms with Crippen LogP contribution in [0.4, 0.5) is 0 Å². The van der Waals surface area contributed by atoms with Crippen LogP contribution in [0.15, 0.2) is 70.1 Å². The number of ether oxygens (including phenoxy) is 1. The molecule has 0 radical (unpaired) electrons. The Bertz CT molecular complexity index is 1130. The monoisotopic (exact) mass is 382 g/mol. The summed E-state index contributed by atoms with van der Waals surface area (Å²) in [6, 6.07) is 16.5. The van der Waals surface area contributed by atoms with E-state index in [1.807, 2.05) is 36.4 Å². The van der Waals surface area contributed by atoms with Crippen molar-refractivity contribution >= 4 is 11.6 Å². The van der Waals surface area contributed by atoms with Crippen molar-refractivity contribution in [2.24, 2.45) is 0 Å². The molecule has 0 atom stereocenters. The standard InChI is InChI=1S/C19H15ClN4O3/c1-13-22-27-19(25)24(13)17-5-3-2-4-14(17)12-26-18-10-11-23(21-18)16-8-6-15(20)7-9-16/h2-11H,12H2,1H3. The van der Waals surface area contributed by atoms with E-state index in [4.69, 9.17) is 20.9 Å². The average Bonchev–Trinajstić information content (AvgIpc) is 3.28. The van der Waals surface area contributed by atoms with E-state index in [9.17, 15) is 4.79 Å². The molecule has 2 heterocycles. The van der Waals surface area contributed by atoms with Crippen molar-refractivity contribution in [1.29, 1.82) is 0 Å². The van der Waals surface area contributed by atoms with Gasteiger partial charge in [-0.3, -0.25) is 4.52 Å². The fourth-order valence-corrected chi connectivity index (χ4v) is 2.84. The molecular weight excluding hydrogens is 368 g/mol. The average molecular weight is 383 g/mol. The number of nitrogens with zero attached hydrogens (tertiary/aromatic N) is 4. The largest absolute Gasteiger partial charge is 0.472 e. The van der Waals surface area contributed by atoms with Gasteiger partial charge in [-0.25, -0.2) is 14.0 Å². The first-order valence-corrected chi connectivity index (χ1v) is 8.57. The van der Waals surface area contributed by atoms with Gasteiger partial charge < -0.3 is 4.74 Å². The lowest BCUT2D eigenvalue weighted by molar-refractivity contribution is 0.291. The van der Waals surface area contributed by atoms with Crippen LogP contribution in [0.3, 0.4) is 0 Å². The van der Waals surface area contributed by atoms with Crippen LogP contribution >= 0.6 is 11.6 Å². The maximum absolute atomic E-state index is 11.9. The van der Waals surface area contributed by atoms with Gasteiger partial charge in [0.2, 0.25) is 5.88 Å². The van der Waals surface area contributed by atoms with Crippen molar-refractivity contribution in [3.05, 3.63) is 87.8 Å². The van der Waals surface area contributed by atoms with E-state index in [2.05, 4.69) is 10.3 Å². The summed E-state index contributed by atoms with van der Waals surface area (Å²) in [4.78, 5) is 11.9. The van der Waals surface area contributed by atoms with Crippen LogP contribution in [0.1, 0.15) is 11.4 Å². The minimum atomic E-state index is -0.535. The first-order chi connectivity index (χ1) is 13.1. The number of rotatable bonds is 5. The molecule has 0 saturated carbocycles. The Kier molecular flexibility index (Phi) is 4.52. The van der Waals surface area contributed by atoms with Crippen molar-refractivity contribution in [3.63, 3.8) is 0 Å². The SMILES string of the molecule is Cc1noc(=O)n1-c1ccccc1COc1ccn(-c2ccc(Cl)cc2)n1. The van der Waals surface area contributed by atoms with Gasteiger partial charge in [0.25, 0.3) is 0 Å². The Labute approximate surface area is 159 Å². The highest BCUT2D eigenvalue weighted by Gasteiger charge is 2.13. The van der Waals surface area contributed by atoms with Gasteiger partial charge in [0, 0.05) is 22.8 Å². The lowest BCUT2D eigenvalue weighted by Crippen LogP contribution is -2.16. The van der Waals surface area contributed by atoms with Gasteiger partial charge >= 0.3 is 5.76 Å². The van der Waals surface area contributed by atoms with E-state index in [1.54, 1.807) is 36.0 Å². The summed E-state index contributed by atoms with van der Waals surface area (Å²) in [5.74, 6) is 0.403. The zero-order chi connectivity index (χ0) is 18.8. The van der Waals surface area contributed by atoms with Gasteiger partial charge in [-0.1, -0.05) is 35.0 Å². The number of hydrogen-bond acceptors (Lipinski definition) is 5. The fourth-order valence-electron chi connectivity index (χ4n) is 2.72. The van der Waals surface area contributed by atoms with Crippen LogP contribution in [-0.2, 0) is 6.61 Å². The molecule has 27 heavy (non-hydrogen) atoms. The molecule has 0 aliphatic carbocycles. The predicted octanol–water partition coefficient (Wildman–Crippen LogP) is 3.55. The van der Waals surface area contributed by atoms with Gasteiger partial charge in [0.15, 0.2) is 5.82 Å². The molecule has 0 spiro atoms. The molecule has 8 heteroatoms. The topological polar surface area (TPSA) is 75.1 Å². The minimum absolute atomic E-state index is 0.241. The second-order valence-corrected chi connectivity index (χ2v) is 6.26. The molecule has 2 aromatic heterocycles. The van der Waals surface area contributed by atoms with Crippen LogP contribution < -0.4 is 10.5 Å². The third kappa shape index (κ3) is 3.50. The van der Waals surface area contributed by atoms with Crippen molar-refractivity contribution < 1.29 is 9.26 Å². The van der Waals surface area contributed by atoms with Crippen LogP contribution in [0, 0.1) is 6.92 Å². The summed E-state index contributed by atoms with van der Waals surface area (Å²) in [6.45, 7) is 1.95. The number of aromatic nitrogens is 4. The zero-order valence-corrected chi connectivity index (χ0v) is 15.1. The number of aryl methyl sites for hydroxylation is 1. The molecule has 0 aliphatic rings. The Morgan fingerprint density at radius 3 is 2.63 bits per heavy atom. The molecule has 0 bridgehead atoms. The van der Waals surface area contributed by atoms with E-state index >= 15 is 0 Å². The van der Waals surface area contributed by atoms with E-state index in [1.165, 1.54) is 4.57 Å². The van der Waals surface area contributed by atoms with Crippen LogP contribution in [0.5, 0.6) is 5.88 Å². The van der Waals surface area contributed by atoms with Crippen LogP contribution in [0.2, 0.25) is 5.02 Å². The first kappa shape index (κ1) is 17.1. The number of benzene rings is 2. The number of hydrogen-bond donors (Lipinski definition) is 0. The van der Waals surface area contributed by atoms with Crippen molar-refractivity contribution in [3.8, 4) is 17.3 Å². The van der Waals surface area contributed by atoms with Crippen molar-refractivity contribution in [2.75, 3.05) is 0 Å². The van der Waals surface area contributed by atoms with Gasteiger partial charge in [-0.15, -0.1) is 5.10 Å². The summed E-state index contributed by atoms with van der Waals surface area (Å²) in [7, 11) is 0. The molecule has 4 rings (SSSR count). The highest BCUT2D eigenvalue weighted by Crippen LogP contribution is 2.19. The summed E-state index contributed by atoms with van der Waals surface area (Å²) in [5, 5.41) is 8.77. The van der Waals surface area contributed by atoms with Crippen molar-refractivity contribution in [1.82, 2.24) is 19.5 Å². The molecule has 0 fully saturated rings. The molecule has 0 unspecified atom stereocenters. The molecular formula is C19H15ClN4O3. The highest BCUT2D eigenvalue weighted by molar-refractivity contribution is 6.30. The molecule has 0 saturated heterocycles. The first-order valence-electron chi connectivity index (χ1n) is 8.20. The lowest BCUT2D eigenvalue weighted by atomic mass is 10.2. The summed E-state index contributed by atoms with van der Waals surface area (Å²) < 4.78 is 13.6. The zero-order valence-electron chi connectivity index (χ0n) is 14.4. The van der Waals surface area contributed by atoms with Crippen molar-refractivity contribution in [2.45, 2.75) is 13.5 Å². The number of halogens is 1. The quantitative estimate of drug-likeness (QED) is 0.527. The summed E-state index contributed by atoms with van der Waals surface area (Å²) in [6.07, 6.45) is 1.80. The summed E-state index contributed by atoms with van der Waals surface area (Å²) in [5.41, 5.74) is 2.35. The third-order valence-corrected chi connectivity index (χ3v) is 4.28.